The summed E-state index contributed by atoms with van der Waals surface area (Å²) in [7, 11) is 0. The normalized spacial score (nSPS) is 19.0. The number of amides is 2. The minimum atomic E-state index is -0.112. The van der Waals surface area contributed by atoms with Gasteiger partial charge in [-0.3, -0.25) is 14.5 Å². The standard InChI is InChI=1S/C21H29N7O2/c1-17(21(30)27-9-3-2-4-10-27)25-11-13-26(14-12-25)20(29)15-18-5-7-19(8-6-18)28-16-22-23-24-28/h5-8,16-17H,2-4,9-15H2,1H3. The number of benzene rings is 1. The third-order valence-corrected chi connectivity index (χ3v) is 6.15. The van der Waals surface area contributed by atoms with Crippen molar-refractivity contribution >= 4 is 11.8 Å². The average Bonchev–Trinajstić information content (AvgIpc) is 3.34. The van der Waals surface area contributed by atoms with Gasteiger partial charge in [0.2, 0.25) is 11.8 Å². The van der Waals surface area contributed by atoms with E-state index in [1.165, 1.54) is 12.7 Å². The Labute approximate surface area is 176 Å². The van der Waals surface area contributed by atoms with Crippen molar-refractivity contribution in [2.45, 2.75) is 38.6 Å². The molecular weight excluding hydrogens is 382 g/mol. The second-order valence-electron chi connectivity index (χ2n) is 8.08. The zero-order valence-corrected chi connectivity index (χ0v) is 17.5. The van der Waals surface area contributed by atoms with E-state index >= 15 is 0 Å². The summed E-state index contributed by atoms with van der Waals surface area (Å²) in [6.07, 6.45) is 5.35. The number of rotatable bonds is 5. The first kappa shape index (κ1) is 20.5. The molecule has 1 unspecified atom stereocenters. The Morgan fingerprint density at radius 2 is 1.63 bits per heavy atom. The number of likely N-dealkylation sites (tertiary alicyclic amines) is 1. The van der Waals surface area contributed by atoms with Gasteiger partial charge in [-0.05, 0) is 54.3 Å². The molecule has 0 N–H and O–H groups in total. The van der Waals surface area contributed by atoms with E-state index in [4.69, 9.17) is 0 Å². The molecule has 2 aliphatic heterocycles. The Kier molecular flexibility index (Phi) is 6.37. The molecule has 2 amide bonds. The van der Waals surface area contributed by atoms with Gasteiger partial charge >= 0.3 is 0 Å². The quantitative estimate of drug-likeness (QED) is 0.722. The first-order chi connectivity index (χ1) is 14.6. The fraction of sp³-hybridized carbons (Fsp3) is 0.571. The molecule has 9 heteroatoms. The molecular formula is C21H29N7O2. The minimum Gasteiger partial charge on any atom is -0.341 e. The van der Waals surface area contributed by atoms with Crippen LogP contribution < -0.4 is 0 Å². The highest BCUT2D eigenvalue weighted by Gasteiger charge is 2.30. The molecule has 2 aromatic rings. The summed E-state index contributed by atoms with van der Waals surface area (Å²) in [6, 6.07) is 7.57. The number of piperidine rings is 1. The van der Waals surface area contributed by atoms with Gasteiger partial charge in [0, 0.05) is 39.3 Å². The number of tetrazole rings is 1. The highest BCUT2D eigenvalue weighted by Crippen LogP contribution is 2.15. The van der Waals surface area contributed by atoms with Crippen LogP contribution in [0, 0.1) is 0 Å². The molecule has 9 nitrogen and oxygen atoms in total. The Hall–Kier alpha value is -2.81. The average molecular weight is 412 g/mol. The summed E-state index contributed by atoms with van der Waals surface area (Å²) < 4.78 is 1.58. The highest BCUT2D eigenvalue weighted by atomic mass is 16.2. The number of aromatic nitrogens is 4. The van der Waals surface area contributed by atoms with Gasteiger partial charge in [0.05, 0.1) is 18.2 Å². The zero-order chi connectivity index (χ0) is 20.9. The molecule has 0 saturated carbocycles. The predicted molar refractivity (Wildman–Crippen MR) is 111 cm³/mol. The molecule has 0 radical (unpaired) electrons. The largest absolute Gasteiger partial charge is 0.341 e. The monoisotopic (exact) mass is 411 g/mol. The molecule has 30 heavy (non-hydrogen) atoms. The van der Waals surface area contributed by atoms with Gasteiger partial charge in [0.1, 0.15) is 6.33 Å². The minimum absolute atomic E-state index is 0.112. The maximum Gasteiger partial charge on any atom is 0.239 e. The molecule has 3 heterocycles. The van der Waals surface area contributed by atoms with Gasteiger partial charge in [-0.25, -0.2) is 4.68 Å². The van der Waals surface area contributed by atoms with E-state index in [1.807, 2.05) is 41.0 Å². The lowest BCUT2D eigenvalue weighted by molar-refractivity contribution is -0.139. The molecule has 1 aromatic carbocycles. The van der Waals surface area contributed by atoms with E-state index in [2.05, 4.69) is 20.4 Å². The van der Waals surface area contributed by atoms with Crippen LogP contribution in [-0.4, -0.2) is 92.0 Å². The van der Waals surface area contributed by atoms with Crippen LogP contribution in [0.5, 0.6) is 0 Å². The first-order valence-corrected chi connectivity index (χ1v) is 10.7. The molecule has 160 valence electrons. The van der Waals surface area contributed by atoms with Gasteiger partial charge in [-0.2, -0.15) is 0 Å². The molecule has 2 saturated heterocycles. The van der Waals surface area contributed by atoms with Gasteiger partial charge in [-0.15, -0.1) is 5.10 Å². The van der Waals surface area contributed by atoms with Gasteiger partial charge < -0.3 is 9.80 Å². The number of carbonyl (C=O) groups excluding carboxylic acids is 2. The van der Waals surface area contributed by atoms with E-state index in [0.717, 1.165) is 50.3 Å². The summed E-state index contributed by atoms with van der Waals surface area (Å²) in [4.78, 5) is 31.6. The molecule has 1 atom stereocenters. The van der Waals surface area contributed by atoms with Crippen LogP contribution in [-0.2, 0) is 16.0 Å². The summed E-state index contributed by atoms with van der Waals surface area (Å²) >= 11 is 0. The molecule has 1 aromatic heterocycles. The summed E-state index contributed by atoms with van der Waals surface area (Å²) in [5, 5.41) is 11.1. The van der Waals surface area contributed by atoms with Crippen molar-refractivity contribution in [3.8, 4) is 5.69 Å². The van der Waals surface area contributed by atoms with Crippen LogP contribution in [0.3, 0.4) is 0 Å². The summed E-state index contributed by atoms with van der Waals surface area (Å²) in [5.41, 5.74) is 1.82. The number of hydrogen-bond acceptors (Lipinski definition) is 6. The predicted octanol–water partition coefficient (Wildman–Crippen LogP) is 0.750. The molecule has 0 aliphatic carbocycles. The highest BCUT2D eigenvalue weighted by molar-refractivity contribution is 5.82. The molecule has 0 spiro atoms. The van der Waals surface area contributed by atoms with E-state index in [9.17, 15) is 9.59 Å². The smallest absolute Gasteiger partial charge is 0.239 e. The lowest BCUT2D eigenvalue weighted by Gasteiger charge is -2.39. The molecule has 2 fully saturated rings. The van der Waals surface area contributed by atoms with Gasteiger partial charge in [0.25, 0.3) is 0 Å². The second-order valence-corrected chi connectivity index (χ2v) is 8.08. The van der Waals surface area contributed by atoms with E-state index in [-0.39, 0.29) is 17.9 Å². The topological polar surface area (TPSA) is 87.5 Å². The Morgan fingerprint density at radius 1 is 0.933 bits per heavy atom. The van der Waals surface area contributed by atoms with Crippen LogP contribution in [0.2, 0.25) is 0 Å². The fourth-order valence-electron chi connectivity index (χ4n) is 4.23. The van der Waals surface area contributed by atoms with Gasteiger partial charge in [-0.1, -0.05) is 12.1 Å². The SMILES string of the molecule is CC(C(=O)N1CCCCC1)N1CCN(C(=O)Cc2ccc(-n3cnnn3)cc2)CC1. The Balaban J connectivity index is 1.26. The van der Waals surface area contributed by atoms with Crippen LogP contribution in [0.4, 0.5) is 0 Å². The first-order valence-electron chi connectivity index (χ1n) is 10.7. The third kappa shape index (κ3) is 4.67. The number of nitrogens with zero attached hydrogens (tertiary/aromatic N) is 7. The van der Waals surface area contributed by atoms with E-state index < -0.39 is 0 Å². The lowest BCUT2D eigenvalue weighted by Crippen LogP contribution is -2.56. The maximum absolute atomic E-state index is 12.8. The molecule has 2 aliphatic rings. The van der Waals surface area contributed by atoms with Crippen molar-refractivity contribution in [2.24, 2.45) is 0 Å². The van der Waals surface area contributed by atoms with Crippen molar-refractivity contribution < 1.29 is 9.59 Å². The molecule has 4 rings (SSSR count). The van der Waals surface area contributed by atoms with Crippen LogP contribution in [0.1, 0.15) is 31.7 Å². The van der Waals surface area contributed by atoms with E-state index in [1.54, 1.807) is 4.68 Å². The Bertz CT molecular complexity index is 839. The zero-order valence-electron chi connectivity index (χ0n) is 17.5. The maximum atomic E-state index is 12.8. The summed E-state index contributed by atoms with van der Waals surface area (Å²) in [5.74, 6) is 0.358. The lowest BCUT2D eigenvalue weighted by atomic mass is 10.1. The number of piperazine rings is 1. The van der Waals surface area contributed by atoms with Crippen molar-refractivity contribution in [3.63, 3.8) is 0 Å². The van der Waals surface area contributed by atoms with Crippen molar-refractivity contribution in [1.82, 2.24) is 34.9 Å². The summed E-state index contributed by atoms with van der Waals surface area (Å²) in [6.45, 7) is 6.58. The fourth-order valence-corrected chi connectivity index (χ4v) is 4.23. The van der Waals surface area contributed by atoms with Crippen molar-refractivity contribution in [1.29, 1.82) is 0 Å². The van der Waals surface area contributed by atoms with Crippen LogP contribution in [0.25, 0.3) is 5.69 Å². The Morgan fingerprint density at radius 3 is 2.27 bits per heavy atom. The second kappa shape index (κ2) is 9.34. The van der Waals surface area contributed by atoms with Gasteiger partial charge in [0.15, 0.2) is 0 Å². The molecule has 0 bridgehead atoms. The number of hydrogen-bond donors (Lipinski definition) is 0. The number of carbonyl (C=O) groups is 2. The van der Waals surface area contributed by atoms with Crippen molar-refractivity contribution in [3.05, 3.63) is 36.2 Å². The van der Waals surface area contributed by atoms with Crippen LogP contribution in [0.15, 0.2) is 30.6 Å². The van der Waals surface area contributed by atoms with E-state index in [0.29, 0.717) is 19.5 Å². The third-order valence-electron chi connectivity index (χ3n) is 6.15. The van der Waals surface area contributed by atoms with Crippen molar-refractivity contribution in [2.75, 3.05) is 39.3 Å². The van der Waals surface area contributed by atoms with Crippen LogP contribution >= 0.6 is 0 Å².